The van der Waals surface area contributed by atoms with E-state index in [1.165, 1.54) is 12.1 Å². The molecule has 1 aliphatic heterocycles. The first-order valence-electron chi connectivity index (χ1n) is 10.4. The van der Waals surface area contributed by atoms with Gasteiger partial charge >= 0.3 is 11.9 Å². The van der Waals surface area contributed by atoms with E-state index in [2.05, 4.69) is 9.97 Å². The van der Waals surface area contributed by atoms with Gasteiger partial charge in [0.15, 0.2) is 6.61 Å². The predicted molar refractivity (Wildman–Crippen MR) is 115 cm³/mol. The smallest absolute Gasteiger partial charge is 0.340 e. The lowest BCUT2D eigenvalue weighted by atomic mass is 10.1. The van der Waals surface area contributed by atoms with Crippen LogP contribution in [0.2, 0.25) is 0 Å². The predicted octanol–water partition coefficient (Wildman–Crippen LogP) is 2.50. The topological polar surface area (TPSA) is 120 Å². The van der Waals surface area contributed by atoms with Crippen LogP contribution in [0.15, 0.2) is 23.0 Å². The lowest BCUT2D eigenvalue weighted by Gasteiger charge is -2.08. The summed E-state index contributed by atoms with van der Waals surface area (Å²) in [6.45, 7) is 5.29. The molecule has 1 aromatic carbocycles. The van der Waals surface area contributed by atoms with Crippen molar-refractivity contribution in [3.63, 3.8) is 0 Å². The van der Waals surface area contributed by atoms with Crippen LogP contribution in [-0.4, -0.2) is 45.5 Å². The second-order valence-corrected chi connectivity index (χ2v) is 7.67. The molecule has 32 heavy (non-hydrogen) atoms. The van der Waals surface area contributed by atoms with Crippen LogP contribution in [0.1, 0.15) is 61.6 Å². The van der Waals surface area contributed by atoms with Gasteiger partial charge in [-0.05, 0) is 45.4 Å². The number of aromatic nitrogens is 3. The minimum atomic E-state index is -0.717. The number of nitrogens with one attached hydrogen (secondary N) is 1. The fourth-order valence-electron chi connectivity index (χ4n) is 4.09. The first-order valence-corrected chi connectivity index (χ1v) is 10.4. The molecule has 1 N–H and O–H groups in total. The summed E-state index contributed by atoms with van der Waals surface area (Å²) < 4.78 is 11.9. The fraction of sp³-hybridized carbons (Fsp3) is 0.348. The van der Waals surface area contributed by atoms with Gasteiger partial charge in [0.25, 0.3) is 5.56 Å². The minimum absolute atomic E-state index is 0.123. The summed E-state index contributed by atoms with van der Waals surface area (Å²) in [5.41, 5.74) is 1.79. The summed E-state index contributed by atoms with van der Waals surface area (Å²) in [6.07, 6.45) is 1.58. The molecule has 4 rings (SSSR count). The van der Waals surface area contributed by atoms with Crippen molar-refractivity contribution < 1.29 is 23.9 Å². The van der Waals surface area contributed by atoms with Crippen molar-refractivity contribution in [1.82, 2.24) is 14.5 Å². The summed E-state index contributed by atoms with van der Waals surface area (Å²) in [6, 6.07) is 4.53. The van der Waals surface area contributed by atoms with Gasteiger partial charge in [-0.25, -0.2) is 14.6 Å². The quantitative estimate of drug-likeness (QED) is 0.465. The highest BCUT2D eigenvalue weighted by atomic mass is 16.5. The average molecular weight is 437 g/mol. The van der Waals surface area contributed by atoms with E-state index in [-0.39, 0.29) is 28.9 Å². The van der Waals surface area contributed by atoms with E-state index in [0.29, 0.717) is 41.1 Å². The zero-order valence-electron chi connectivity index (χ0n) is 18.1. The molecule has 0 aliphatic carbocycles. The Bertz CT molecular complexity index is 1320. The SMILES string of the molecule is CCOC(=O)c1c(C)[nH]c(C)c1C(=O)COC(=O)c1ccc2c(=O)n3c(nc2c1)CCC3. The van der Waals surface area contributed by atoms with E-state index >= 15 is 0 Å². The number of hydrogen-bond donors (Lipinski definition) is 1. The molecule has 3 aromatic rings. The largest absolute Gasteiger partial charge is 0.462 e. The number of carbonyl (C=O) groups excluding carboxylic acids is 3. The maximum Gasteiger partial charge on any atom is 0.340 e. The molecule has 0 amide bonds. The lowest BCUT2D eigenvalue weighted by Crippen LogP contribution is -2.21. The molecule has 0 saturated heterocycles. The first kappa shape index (κ1) is 21.5. The number of nitrogens with zero attached hydrogens (tertiary/aromatic N) is 2. The van der Waals surface area contributed by atoms with Gasteiger partial charge in [0, 0.05) is 24.4 Å². The van der Waals surface area contributed by atoms with E-state index in [1.54, 1.807) is 31.4 Å². The third kappa shape index (κ3) is 3.70. The maximum absolute atomic E-state index is 12.8. The highest BCUT2D eigenvalue weighted by Gasteiger charge is 2.26. The van der Waals surface area contributed by atoms with Crippen molar-refractivity contribution in [3.05, 3.63) is 62.5 Å². The van der Waals surface area contributed by atoms with Crippen molar-refractivity contribution in [3.8, 4) is 0 Å². The van der Waals surface area contributed by atoms with Crippen LogP contribution in [-0.2, 0) is 22.4 Å². The summed E-state index contributed by atoms with van der Waals surface area (Å²) in [7, 11) is 0. The number of fused-ring (bicyclic) bond motifs is 2. The highest BCUT2D eigenvalue weighted by molar-refractivity contribution is 6.09. The Morgan fingerprint density at radius 1 is 1.09 bits per heavy atom. The van der Waals surface area contributed by atoms with Crippen LogP contribution >= 0.6 is 0 Å². The second kappa shape index (κ2) is 8.41. The van der Waals surface area contributed by atoms with Crippen LogP contribution in [0.5, 0.6) is 0 Å². The van der Waals surface area contributed by atoms with Crippen molar-refractivity contribution in [2.24, 2.45) is 0 Å². The number of carbonyl (C=O) groups is 3. The average Bonchev–Trinajstić information content (AvgIpc) is 3.35. The molecule has 0 unspecified atom stereocenters. The molecule has 3 heterocycles. The number of H-pyrrole nitrogens is 1. The summed E-state index contributed by atoms with van der Waals surface area (Å²) >= 11 is 0. The number of Topliss-reactive ketones (excluding diaryl/α,β-unsaturated/α-hetero) is 1. The summed E-state index contributed by atoms with van der Waals surface area (Å²) in [5, 5.41) is 0.431. The van der Waals surface area contributed by atoms with Gasteiger partial charge in [0.1, 0.15) is 5.82 Å². The van der Waals surface area contributed by atoms with Crippen LogP contribution in [0.25, 0.3) is 10.9 Å². The van der Waals surface area contributed by atoms with Gasteiger partial charge in [0.2, 0.25) is 5.78 Å². The van der Waals surface area contributed by atoms with E-state index in [1.807, 2.05) is 0 Å². The van der Waals surface area contributed by atoms with Gasteiger partial charge in [-0.1, -0.05) is 0 Å². The van der Waals surface area contributed by atoms with Crippen LogP contribution in [0.4, 0.5) is 0 Å². The van der Waals surface area contributed by atoms with Gasteiger partial charge < -0.3 is 14.5 Å². The second-order valence-electron chi connectivity index (χ2n) is 7.67. The first-order chi connectivity index (χ1) is 15.3. The normalized spacial score (nSPS) is 12.6. The fourth-order valence-corrected chi connectivity index (χ4v) is 4.09. The number of aromatic amines is 1. The molecule has 9 nitrogen and oxygen atoms in total. The van der Waals surface area contributed by atoms with Crippen LogP contribution < -0.4 is 5.56 Å². The molecule has 166 valence electrons. The lowest BCUT2D eigenvalue weighted by molar-refractivity contribution is 0.0472. The Balaban J connectivity index is 1.54. The van der Waals surface area contributed by atoms with E-state index in [0.717, 1.165) is 6.42 Å². The number of esters is 2. The highest BCUT2D eigenvalue weighted by Crippen LogP contribution is 2.21. The zero-order valence-corrected chi connectivity index (χ0v) is 18.1. The molecule has 9 heteroatoms. The van der Waals surface area contributed by atoms with E-state index < -0.39 is 24.3 Å². The molecular weight excluding hydrogens is 414 g/mol. The standard InChI is InChI=1S/C23H23N3O6/c1-4-31-23(30)20-13(3)24-12(2)19(20)17(27)11-32-22(29)14-7-8-15-16(10-14)25-18-6-5-9-26(18)21(15)28/h7-8,10,24H,4-6,9,11H2,1-3H3. The molecule has 0 bridgehead atoms. The molecule has 0 radical (unpaired) electrons. The minimum Gasteiger partial charge on any atom is -0.462 e. The van der Waals surface area contributed by atoms with Gasteiger partial charge in [-0.3, -0.25) is 14.2 Å². The molecule has 0 saturated carbocycles. The molecule has 0 spiro atoms. The van der Waals surface area contributed by atoms with Crippen molar-refractivity contribution in [1.29, 1.82) is 0 Å². The Morgan fingerprint density at radius 2 is 1.84 bits per heavy atom. The summed E-state index contributed by atoms with van der Waals surface area (Å²) in [4.78, 5) is 57.6. The molecular formula is C23H23N3O6. The molecule has 0 atom stereocenters. The number of ketones is 1. The molecule has 2 aromatic heterocycles. The Labute approximate surface area is 183 Å². The van der Waals surface area contributed by atoms with E-state index in [9.17, 15) is 19.2 Å². The third-order valence-corrected chi connectivity index (χ3v) is 5.52. The van der Waals surface area contributed by atoms with Crippen molar-refractivity contribution in [2.75, 3.05) is 13.2 Å². The third-order valence-electron chi connectivity index (χ3n) is 5.52. The maximum atomic E-state index is 12.8. The number of benzene rings is 1. The Kier molecular flexibility index (Phi) is 5.65. The molecule has 0 fully saturated rings. The monoisotopic (exact) mass is 437 g/mol. The summed E-state index contributed by atoms with van der Waals surface area (Å²) in [5.74, 6) is -1.14. The van der Waals surface area contributed by atoms with Crippen LogP contribution in [0.3, 0.4) is 0 Å². The Morgan fingerprint density at radius 3 is 2.59 bits per heavy atom. The van der Waals surface area contributed by atoms with E-state index in [4.69, 9.17) is 9.47 Å². The number of hydrogen-bond acceptors (Lipinski definition) is 7. The van der Waals surface area contributed by atoms with Gasteiger partial charge in [-0.2, -0.15) is 0 Å². The van der Waals surface area contributed by atoms with Crippen molar-refractivity contribution in [2.45, 2.75) is 40.2 Å². The number of ether oxygens (including phenoxy) is 2. The van der Waals surface area contributed by atoms with Gasteiger partial charge in [-0.15, -0.1) is 0 Å². The zero-order chi connectivity index (χ0) is 23.0. The van der Waals surface area contributed by atoms with Crippen molar-refractivity contribution >= 4 is 28.6 Å². The number of aryl methyl sites for hydroxylation is 3. The molecule has 1 aliphatic rings. The van der Waals surface area contributed by atoms with Gasteiger partial charge in [0.05, 0.1) is 34.2 Å². The Hall–Kier alpha value is -3.75. The van der Waals surface area contributed by atoms with Crippen LogP contribution in [0, 0.1) is 13.8 Å². The number of rotatable bonds is 6.